The van der Waals surface area contributed by atoms with Crippen molar-refractivity contribution >= 4 is 9.04 Å². The standard InChI is InChI=1S/C12H24OSi/c1-5-9-11-12(10-6-2)13-14(7-3)8-4/h7-8,12,14H,3-6,9-11H2,1-2H3. The molecule has 0 spiro atoms. The molecule has 0 aliphatic heterocycles. The SMILES string of the molecule is C=C[SiH](C=C)OC(CCC)CCCC. The van der Waals surface area contributed by atoms with E-state index in [9.17, 15) is 0 Å². The van der Waals surface area contributed by atoms with Gasteiger partial charge in [-0.2, -0.15) is 0 Å². The molecule has 1 atom stereocenters. The summed E-state index contributed by atoms with van der Waals surface area (Å²) in [6.07, 6.45) is 6.51. The minimum atomic E-state index is -1.30. The molecule has 0 aromatic rings. The summed E-state index contributed by atoms with van der Waals surface area (Å²) in [6, 6.07) is 0. The molecule has 0 N–H and O–H groups in total. The molecule has 0 aromatic heterocycles. The molecule has 0 bridgehead atoms. The third-order valence-corrected chi connectivity index (χ3v) is 3.93. The average Bonchev–Trinajstić information content (AvgIpc) is 2.22. The van der Waals surface area contributed by atoms with E-state index in [1.165, 1.54) is 32.1 Å². The van der Waals surface area contributed by atoms with Gasteiger partial charge in [0.15, 0.2) is 0 Å². The summed E-state index contributed by atoms with van der Waals surface area (Å²) in [5.74, 6) is 0. The van der Waals surface area contributed by atoms with Gasteiger partial charge < -0.3 is 4.43 Å². The predicted octanol–water partition coefficient (Wildman–Crippen LogP) is 3.54. The smallest absolute Gasteiger partial charge is 0.224 e. The van der Waals surface area contributed by atoms with E-state index in [-0.39, 0.29) is 0 Å². The lowest BCUT2D eigenvalue weighted by Crippen LogP contribution is -2.22. The molecule has 2 heteroatoms. The van der Waals surface area contributed by atoms with Crippen molar-refractivity contribution in [3.05, 3.63) is 24.6 Å². The first kappa shape index (κ1) is 13.7. The molecule has 0 radical (unpaired) electrons. The van der Waals surface area contributed by atoms with Gasteiger partial charge in [0.1, 0.15) is 0 Å². The third-order valence-electron chi connectivity index (χ3n) is 2.30. The molecule has 14 heavy (non-hydrogen) atoms. The molecule has 82 valence electrons. The molecule has 0 aliphatic carbocycles. The zero-order valence-corrected chi connectivity index (χ0v) is 10.8. The molecule has 0 saturated carbocycles. The van der Waals surface area contributed by atoms with Crippen molar-refractivity contribution in [1.29, 1.82) is 0 Å². The molecule has 0 amide bonds. The van der Waals surface area contributed by atoms with E-state index in [0.29, 0.717) is 6.10 Å². The zero-order valence-electron chi connectivity index (χ0n) is 9.67. The van der Waals surface area contributed by atoms with Crippen LogP contribution >= 0.6 is 0 Å². The van der Waals surface area contributed by atoms with E-state index in [4.69, 9.17) is 4.43 Å². The largest absolute Gasteiger partial charge is 0.409 e. The van der Waals surface area contributed by atoms with Gasteiger partial charge in [0.25, 0.3) is 0 Å². The lowest BCUT2D eigenvalue weighted by molar-refractivity contribution is 0.182. The second kappa shape index (κ2) is 9.22. The molecule has 0 aromatic carbocycles. The first-order valence-electron chi connectivity index (χ1n) is 5.69. The van der Waals surface area contributed by atoms with E-state index in [1.54, 1.807) is 0 Å². The van der Waals surface area contributed by atoms with Gasteiger partial charge in [-0.25, -0.2) is 0 Å². The Morgan fingerprint density at radius 1 is 1.14 bits per heavy atom. The second-order valence-electron chi connectivity index (χ2n) is 3.63. The Morgan fingerprint density at radius 3 is 2.21 bits per heavy atom. The first-order chi connectivity index (χ1) is 6.78. The number of unbranched alkanes of at least 4 members (excludes halogenated alkanes) is 1. The molecule has 0 saturated heterocycles. The van der Waals surface area contributed by atoms with Crippen LogP contribution in [0.15, 0.2) is 24.6 Å². The first-order valence-corrected chi connectivity index (χ1v) is 7.49. The van der Waals surface area contributed by atoms with Crippen molar-refractivity contribution in [3.8, 4) is 0 Å². The summed E-state index contributed by atoms with van der Waals surface area (Å²) < 4.78 is 5.99. The van der Waals surface area contributed by atoms with Crippen molar-refractivity contribution < 1.29 is 4.43 Å². The Kier molecular flexibility index (Phi) is 9.00. The Bertz CT molecular complexity index is 148. The average molecular weight is 212 g/mol. The predicted molar refractivity (Wildman–Crippen MR) is 66.8 cm³/mol. The minimum absolute atomic E-state index is 0.438. The van der Waals surface area contributed by atoms with Crippen LogP contribution in [-0.2, 0) is 4.43 Å². The van der Waals surface area contributed by atoms with Gasteiger partial charge in [-0.3, -0.25) is 0 Å². The third kappa shape index (κ3) is 6.16. The van der Waals surface area contributed by atoms with E-state index < -0.39 is 9.04 Å². The molecule has 0 aliphatic rings. The Balaban J connectivity index is 3.91. The highest BCUT2D eigenvalue weighted by Crippen LogP contribution is 2.12. The highest BCUT2D eigenvalue weighted by Gasteiger charge is 2.11. The quantitative estimate of drug-likeness (QED) is 0.531. The lowest BCUT2D eigenvalue weighted by Gasteiger charge is -2.20. The number of rotatable bonds is 9. The summed E-state index contributed by atoms with van der Waals surface area (Å²) in [6.45, 7) is 12.0. The zero-order chi connectivity index (χ0) is 10.8. The maximum atomic E-state index is 5.99. The van der Waals surface area contributed by atoms with E-state index >= 15 is 0 Å². The van der Waals surface area contributed by atoms with Crippen molar-refractivity contribution in [2.24, 2.45) is 0 Å². The molecular weight excluding hydrogens is 188 g/mol. The normalized spacial score (nSPS) is 12.8. The van der Waals surface area contributed by atoms with Gasteiger partial charge in [-0.1, -0.05) is 44.5 Å². The van der Waals surface area contributed by atoms with Gasteiger partial charge in [0.2, 0.25) is 9.04 Å². The fraction of sp³-hybridized carbons (Fsp3) is 0.667. The monoisotopic (exact) mass is 212 g/mol. The highest BCUT2D eigenvalue weighted by molar-refractivity contribution is 6.62. The number of hydrogen-bond acceptors (Lipinski definition) is 1. The second-order valence-corrected chi connectivity index (χ2v) is 5.77. The van der Waals surface area contributed by atoms with Crippen LogP contribution < -0.4 is 0 Å². The van der Waals surface area contributed by atoms with Crippen LogP contribution in [0.5, 0.6) is 0 Å². The van der Waals surface area contributed by atoms with Crippen molar-refractivity contribution in [2.75, 3.05) is 0 Å². The van der Waals surface area contributed by atoms with Crippen molar-refractivity contribution in [1.82, 2.24) is 0 Å². The van der Waals surface area contributed by atoms with E-state index in [0.717, 1.165) is 0 Å². The summed E-state index contributed by atoms with van der Waals surface area (Å²) in [5.41, 5.74) is 3.89. The summed E-state index contributed by atoms with van der Waals surface area (Å²) in [7, 11) is -1.30. The maximum absolute atomic E-state index is 5.99. The van der Waals surface area contributed by atoms with Crippen LogP contribution in [-0.4, -0.2) is 15.1 Å². The van der Waals surface area contributed by atoms with Gasteiger partial charge in [-0.05, 0) is 12.8 Å². The molecule has 0 rings (SSSR count). The Labute approximate surface area is 90.6 Å². The van der Waals surface area contributed by atoms with Crippen LogP contribution in [0.1, 0.15) is 46.0 Å². The van der Waals surface area contributed by atoms with Crippen LogP contribution in [0.2, 0.25) is 0 Å². The summed E-state index contributed by atoms with van der Waals surface area (Å²) >= 11 is 0. The van der Waals surface area contributed by atoms with E-state index in [1.807, 2.05) is 11.4 Å². The van der Waals surface area contributed by atoms with Gasteiger partial charge in [-0.15, -0.1) is 13.2 Å². The Hall–Kier alpha value is -0.343. The van der Waals surface area contributed by atoms with Crippen LogP contribution in [0.4, 0.5) is 0 Å². The highest BCUT2D eigenvalue weighted by atomic mass is 28.3. The maximum Gasteiger partial charge on any atom is 0.224 e. The molecule has 1 nitrogen and oxygen atoms in total. The van der Waals surface area contributed by atoms with Gasteiger partial charge >= 0.3 is 0 Å². The topological polar surface area (TPSA) is 9.23 Å². The molecular formula is C12H24OSi. The van der Waals surface area contributed by atoms with Crippen molar-refractivity contribution in [2.45, 2.75) is 52.1 Å². The molecule has 0 heterocycles. The van der Waals surface area contributed by atoms with Gasteiger partial charge in [0, 0.05) is 6.10 Å². The van der Waals surface area contributed by atoms with Crippen molar-refractivity contribution in [3.63, 3.8) is 0 Å². The lowest BCUT2D eigenvalue weighted by atomic mass is 10.1. The fourth-order valence-electron chi connectivity index (χ4n) is 1.46. The van der Waals surface area contributed by atoms with Crippen LogP contribution in [0, 0.1) is 0 Å². The minimum Gasteiger partial charge on any atom is -0.409 e. The molecule has 1 unspecified atom stereocenters. The summed E-state index contributed by atoms with van der Waals surface area (Å²) in [4.78, 5) is 0. The Morgan fingerprint density at radius 2 is 1.79 bits per heavy atom. The van der Waals surface area contributed by atoms with Crippen LogP contribution in [0.25, 0.3) is 0 Å². The van der Waals surface area contributed by atoms with Gasteiger partial charge in [0.05, 0.1) is 0 Å². The fourth-order valence-corrected chi connectivity index (χ4v) is 2.60. The van der Waals surface area contributed by atoms with E-state index in [2.05, 4.69) is 27.0 Å². The molecule has 0 fully saturated rings. The summed E-state index contributed by atoms with van der Waals surface area (Å²) in [5, 5.41) is 0. The van der Waals surface area contributed by atoms with Crippen LogP contribution in [0.3, 0.4) is 0 Å². The number of hydrogen-bond donors (Lipinski definition) is 0.